The molecule has 0 saturated heterocycles. The lowest BCUT2D eigenvalue weighted by molar-refractivity contribution is -0.122. The Bertz CT molecular complexity index is 961. The molecule has 0 fully saturated rings. The number of para-hydroxylation sites is 1. The summed E-state index contributed by atoms with van der Waals surface area (Å²) in [5, 5.41) is 2.93. The summed E-state index contributed by atoms with van der Waals surface area (Å²) < 4.78 is 6.08. The van der Waals surface area contributed by atoms with Crippen molar-refractivity contribution in [2.75, 3.05) is 18.6 Å². The molecule has 0 unspecified atom stereocenters. The van der Waals surface area contributed by atoms with Gasteiger partial charge >= 0.3 is 0 Å². The highest BCUT2D eigenvalue weighted by Crippen LogP contribution is 2.42. The average molecular weight is 475 g/mol. The summed E-state index contributed by atoms with van der Waals surface area (Å²) in [7, 11) is 1.61. The third kappa shape index (κ3) is 5.03. The summed E-state index contributed by atoms with van der Waals surface area (Å²) in [5.74, 6) is 0.379. The first-order valence-electron chi connectivity index (χ1n) is 9.36. The van der Waals surface area contributed by atoms with Crippen molar-refractivity contribution in [2.24, 2.45) is 0 Å². The predicted molar refractivity (Wildman–Crippen MR) is 121 cm³/mol. The molecule has 1 aliphatic heterocycles. The third-order valence-electron chi connectivity index (χ3n) is 4.63. The molecule has 3 rings (SSSR count). The van der Waals surface area contributed by atoms with Gasteiger partial charge in [-0.2, -0.15) is 0 Å². The molecule has 1 N–H and O–H groups in total. The number of benzene rings is 2. The van der Waals surface area contributed by atoms with Crippen LogP contribution in [0.1, 0.15) is 25.8 Å². The number of anilines is 1. The number of nitrogens with one attached hydrogen (secondary N) is 1. The van der Waals surface area contributed by atoms with Crippen molar-refractivity contribution in [3.8, 4) is 5.75 Å². The van der Waals surface area contributed by atoms with Gasteiger partial charge in [-0.05, 0) is 65.2 Å². The molecule has 152 valence electrons. The molecule has 2 aromatic carbocycles. The first kappa shape index (κ1) is 21.5. The number of thioether (sulfide) groups is 1. The van der Waals surface area contributed by atoms with Crippen LogP contribution in [0.2, 0.25) is 0 Å². The first-order valence-corrected chi connectivity index (χ1v) is 11.0. The van der Waals surface area contributed by atoms with E-state index in [0.29, 0.717) is 4.91 Å². The van der Waals surface area contributed by atoms with Gasteiger partial charge in [0, 0.05) is 10.9 Å². The molecular weight excluding hydrogens is 452 g/mol. The first-order chi connectivity index (χ1) is 13.9. The quantitative estimate of drug-likeness (QED) is 0.607. The fraction of sp³-hybridized carbons (Fsp3) is 0.273. The molecule has 2 amide bonds. The van der Waals surface area contributed by atoms with E-state index in [0.717, 1.165) is 32.8 Å². The van der Waals surface area contributed by atoms with E-state index in [9.17, 15) is 9.59 Å². The van der Waals surface area contributed by atoms with Crippen molar-refractivity contribution in [1.29, 1.82) is 0 Å². The van der Waals surface area contributed by atoms with Crippen LogP contribution < -0.4 is 15.0 Å². The summed E-state index contributed by atoms with van der Waals surface area (Å²) in [6.45, 7) is 3.95. The largest absolute Gasteiger partial charge is 0.496 e. The van der Waals surface area contributed by atoms with Crippen molar-refractivity contribution >= 4 is 51.3 Å². The second-order valence-corrected chi connectivity index (χ2v) is 8.68. The number of rotatable bonds is 6. The molecule has 2 aromatic rings. The van der Waals surface area contributed by atoms with E-state index in [4.69, 9.17) is 4.74 Å². The lowest BCUT2D eigenvalue weighted by Gasteiger charge is -2.30. The minimum atomic E-state index is -0.181. The van der Waals surface area contributed by atoms with Crippen molar-refractivity contribution in [1.82, 2.24) is 5.32 Å². The zero-order valence-electron chi connectivity index (χ0n) is 16.6. The van der Waals surface area contributed by atoms with Gasteiger partial charge in [0.15, 0.2) is 0 Å². The summed E-state index contributed by atoms with van der Waals surface area (Å²) in [6, 6.07) is 13.4. The Hall–Kier alpha value is -2.25. The molecule has 1 heterocycles. The molecule has 1 atom stereocenters. The number of carbonyl (C=O) groups is 2. The van der Waals surface area contributed by atoms with E-state index >= 15 is 0 Å². The van der Waals surface area contributed by atoms with E-state index in [1.54, 1.807) is 12.0 Å². The Morgan fingerprint density at radius 2 is 2.07 bits per heavy atom. The number of ether oxygens (including phenoxy) is 1. The molecule has 1 aliphatic rings. The number of fused-ring (bicyclic) bond motifs is 1. The maximum atomic E-state index is 13.2. The number of nitrogens with zero attached hydrogens (tertiary/aromatic N) is 1. The molecule has 0 saturated carbocycles. The SMILES string of the molecule is CC[C@H](C)NC(=O)CN1C(=O)/C(=C\c2ccc(OC)c(Br)c2)Sc2ccccc21. The Morgan fingerprint density at radius 3 is 2.76 bits per heavy atom. The predicted octanol–water partition coefficient (Wildman–Crippen LogP) is 4.85. The Kier molecular flexibility index (Phi) is 7.03. The van der Waals surface area contributed by atoms with Crippen LogP contribution in [-0.4, -0.2) is 31.5 Å². The maximum absolute atomic E-state index is 13.2. The number of carbonyl (C=O) groups excluding carboxylic acids is 2. The van der Waals surface area contributed by atoms with Crippen molar-refractivity contribution in [2.45, 2.75) is 31.2 Å². The molecule has 0 aliphatic carbocycles. The lowest BCUT2D eigenvalue weighted by atomic mass is 10.2. The number of hydrogen-bond donors (Lipinski definition) is 1. The van der Waals surface area contributed by atoms with Gasteiger partial charge in [-0.3, -0.25) is 14.5 Å². The van der Waals surface area contributed by atoms with Gasteiger partial charge in [0.05, 0.1) is 22.2 Å². The molecular formula is C22H23BrN2O3S. The Morgan fingerprint density at radius 1 is 1.31 bits per heavy atom. The molecule has 7 heteroatoms. The van der Waals surface area contributed by atoms with Crippen molar-refractivity contribution in [3.05, 3.63) is 57.4 Å². The number of amides is 2. The number of hydrogen-bond acceptors (Lipinski definition) is 4. The third-order valence-corrected chi connectivity index (χ3v) is 6.32. The van der Waals surface area contributed by atoms with Crippen molar-refractivity contribution < 1.29 is 14.3 Å². The summed E-state index contributed by atoms with van der Waals surface area (Å²) in [5.41, 5.74) is 1.63. The van der Waals surface area contributed by atoms with Crippen LogP contribution in [0.15, 0.2) is 56.7 Å². The summed E-state index contributed by atoms with van der Waals surface area (Å²) in [6.07, 6.45) is 2.68. The Balaban J connectivity index is 1.92. The van der Waals surface area contributed by atoms with Gasteiger partial charge in [0.1, 0.15) is 12.3 Å². The monoisotopic (exact) mass is 474 g/mol. The normalized spacial score (nSPS) is 15.8. The van der Waals surface area contributed by atoms with Crippen LogP contribution in [0, 0.1) is 0 Å². The fourth-order valence-corrected chi connectivity index (χ4v) is 4.53. The highest BCUT2D eigenvalue weighted by molar-refractivity contribution is 9.10. The second kappa shape index (κ2) is 9.50. The van der Waals surface area contributed by atoms with E-state index < -0.39 is 0 Å². The van der Waals surface area contributed by atoms with Crippen molar-refractivity contribution in [3.63, 3.8) is 0 Å². The highest BCUT2D eigenvalue weighted by atomic mass is 79.9. The van der Waals surface area contributed by atoms with Gasteiger partial charge in [-0.1, -0.05) is 36.9 Å². The summed E-state index contributed by atoms with van der Waals surface area (Å²) >= 11 is 4.89. The van der Waals surface area contributed by atoms with Crippen LogP contribution in [0.4, 0.5) is 5.69 Å². The Labute approximate surface area is 183 Å². The molecule has 0 bridgehead atoms. The summed E-state index contributed by atoms with van der Waals surface area (Å²) in [4.78, 5) is 28.7. The minimum absolute atomic E-state index is 0.00953. The number of halogens is 1. The van der Waals surface area contributed by atoms with E-state index in [2.05, 4.69) is 21.2 Å². The van der Waals surface area contributed by atoms with Crippen LogP contribution >= 0.6 is 27.7 Å². The van der Waals surface area contributed by atoms with E-state index in [-0.39, 0.29) is 24.4 Å². The number of methoxy groups -OCH3 is 1. The zero-order chi connectivity index (χ0) is 21.0. The van der Waals surface area contributed by atoms with E-state index in [1.165, 1.54) is 11.8 Å². The molecule has 0 radical (unpaired) electrons. The molecule has 29 heavy (non-hydrogen) atoms. The fourth-order valence-electron chi connectivity index (χ4n) is 2.91. The molecule has 0 spiro atoms. The lowest BCUT2D eigenvalue weighted by Crippen LogP contribution is -2.44. The van der Waals surface area contributed by atoms with Crippen LogP contribution in [0.3, 0.4) is 0 Å². The van der Waals surface area contributed by atoms with Crippen LogP contribution in [0.5, 0.6) is 5.75 Å². The van der Waals surface area contributed by atoms with Crippen LogP contribution in [-0.2, 0) is 9.59 Å². The van der Waals surface area contributed by atoms with Gasteiger partial charge < -0.3 is 10.1 Å². The van der Waals surface area contributed by atoms with Gasteiger partial charge in [0.2, 0.25) is 5.91 Å². The topological polar surface area (TPSA) is 58.6 Å². The van der Waals surface area contributed by atoms with Gasteiger partial charge in [-0.25, -0.2) is 0 Å². The molecule has 0 aromatic heterocycles. The maximum Gasteiger partial charge on any atom is 0.265 e. The standard InChI is InChI=1S/C22H23BrN2O3S/c1-4-14(2)24-21(26)13-25-17-7-5-6-8-19(17)29-20(22(25)27)12-15-9-10-18(28-3)16(23)11-15/h5-12,14H,4,13H2,1-3H3,(H,24,26)/b20-12+/t14-/m0/s1. The zero-order valence-corrected chi connectivity index (χ0v) is 19.0. The van der Waals surface area contributed by atoms with Crippen LogP contribution in [0.25, 0.3) is 6.08 Å². The van der Waals surface area contributed by atoms with Gasteiger partial charge in [-0.15, -0.1) is 0 Å². The average Bonchev–Trinajstić information content (AvgIpc) is 2.71. The molecule has 5 nitrogen and oxygen atoms in total. The second-order valence-electron chi connectivity index (χ2n) is 6.74. The smallest absolute Gasteiger partial charge is 0.265 e. The van der Waals surface area contributed by atoms with Gasteiger partial charge in [0.25, 0.3) is 5.91 Å². The minimum Gasteiger partial charge on any atom is -0.496 e. The highest BCUT2D eigenvalue weighted by Gasteiger charge is 2.30. The van der Waals surface area contributed by atoms with E-state index in [1.807, 2.05) is 62.4 Å².